The molecule has 0 saturated carbocycles. The first-order valence-corrected chi connectivity index (χ1v) is 8.64. The number of aliphatic imine (C=N–C) groups is 1. The van der Waals surface area contributed by atoms with Crippen molar-refractivity contribution >= 4 is 35.8 Å². The van der Waals surface area contributed by atoms with Crippen LogP contribution >= 0.6 is 24.0 Å². The second-order valence-corrected chi connectivity index (χ2v) is 5.94. The van der Waals surface area contributed by atoms with Crippen molar-refractivity contribution in [2.45, 2.75) is 26.9 Å². The summed E-state index contributed by atoms with van der Waals surface area (Å²) in [6, 6.07) is 15.8. The van der Waals surface area contributed by atoms with Crippen molar-refractivity contribution in [3.05, 3.63) is 65.2 Å². The molecule has 0 aliphatic heterocycles. The molecule has 2 rings (SSSR count). The number of guanidine groups is 1. The molecule has 6 nitrogen and oxygen atoms in total. The standard InChI is InChI=1S/C20H26N4O2.HI/c1-3-22-20(23-12-16-7-4-6-15(2)10-16)24-13-17-8-5-9-18(11-17)26-14-19(21)25;/h4-11H,3,12-14H2,1-2H3,(H2,21,25)(H2,22,23,24);1H. The average Bonchev–Trinajstić information content (AvgIpc) is 2.63. The van der Waals surface area contributed by atoms with E-state index in [9.17, 15) is 4.79 Å². The highest BCUT2D eigenvalue weighted by Crippen LogP contribution is 2.13. The van der Waals surface area contributed by atoms with E-state index in [-0.39, 0.29) is 30.6 Å². The number of hydrogen-bond acceptors (Lipinski definition) is 3. The van der Waals surface area contributed by atoms with Gasteiger partial charge in [0.1, 0.15) is 5.75 Å². The summed E-state index contributed by atoms with van der Waals surface area (Å²) in [5, 5.41) is 6.54. The normalized spacial score (nSPS) is 10.7. The van der Waals surface area contributed by atoms with Crippen LogP contribution in [0.15, 0.2) is 53.5 Å². The lowest BCUT2D eigenvalue weighted by Gasteiger charge is -2.12. The Balaban J connectivity index is 0.00000364. The lowest BCUT2D eigenvalue weighted by Crippen LogP contribution is -2.36. The van der Waals surface area contributed by atoms with Crippen LogP contribution in [0.4, 0.5) is 0 Å². The summed E-state index contributed by atoms with van der Waals surface area (Å²) in [7, 11) is 0. The second-order valence-electron chi connectivity index (χ2n) is 5.94. The molecule has 0 aliphatic carbocycles. The average molecular weight is 482 g/mol. The van der Waals surface area contributed by atoms with E-state index in [1.54, 1.807) is 6.07 Å². The van der Waals surface area contributed by atoms with Gasteiger partial charge in [-0.15, -0.1) is 24.0 Å². The molecule has 0 atom stereocenters. The van der Waals surface area contributed by atoms with Crippen LogP contribution in [0.3, 0.4) is 0 Å². The van der Waals surface area contributed by atoms with Gasteiger partial charge in [0.15, 0.2) is 12.6 Å². The van der Waals surface area contributed by atoms with Crippen LogP contribution in [-0.2, 0) is 17.9 Å². The number of benzene rings is 2. The van der Waals surface area contributed by atoms with Gasteiger partial charge in [0.05, 0.1) is 6.54 Å². The lowest BCUT2D eigenvalue weighted by atomic mass is 10.1. The van der Waals surface area contributed by atoms with Gasteiger partial charge in [-0.05, 0) is 37.1 Å². The van der Waals surface area contributed by atoms with Crippen LogP contribution in [-0.4, -0.2) is 25.0 Å². The third kappa shape index (κ3) is 8.76. The molecule has 2 aromatic rings. The molecular weight excluding hydrogens is 455 g/mol. The highest BCUT2D eigenvalue weighted by molar-refractivity contribution is 14.0. The van der Waals surface area contributed by atoms with Crippen LogP contribution in [0.25, 0.3) is 0 Å². The van der Waals surface area contributed by atoms with E-state index in [0.717, 1.165) is 18.1 Å². The van der Waals surface area contributed by atoms with Gasteiger partial charge in [-0.2, -0.15) is 0 Å². The summed E-state index contributed by atoms with van der Waals surface area (Å²) in [5.41, 5.74) is 8.52. The molecule has 0 spiro atoms. The van der Waals surface area contributed by atoms with E-state index >= 15 is 0 Å². The van der Waals surface area contributed by atoms with Crippen molar-refractivity contribution in [2.24, 2.45) is 10.7 Å². The zero-order chi connectivity index (χ0) is 18.8. The first-order valence-electron chi connectivity index (χ1n) is 8.64. The molecule has 0 aromatic heterocycles. The molecule has 2 aromatic carbocycles. The van der Waals surface area contributed by atoms with Gasteiger partial charge in [0, 0.05) is 13.1 Å². The van der Waals surface area contributed by atoms with E-state index in [4.69, 9.17) is 10.5 Å². The fraction of sp³-hybridized carbons (Fsp3) is 0.300. The van der Waals surface area contributed by atoms with Crippen LogP contribution in [0.5, 0.6) is 5.75 Å². The van der Waals surface area contributed by atoms with E-state index in [1.807, 2.05) is 31.2 Å². The monoisotopic (exact) mass is 482 g/mol. The largest absolute Gasteiger partial charge is 0.484 e. The molecule has 4 N–H and O–H groups in total. The van der Waals surface area contributed by atoms with Gasteiger partial charge >= 0.3 is 0 Å². The zero-order valence-corrected chi connectivity index (χ0v) is 18.0. The first kappa shape index (κ1) is 22.8. The molecule has 0 heterocycles. The fourth-order valence-corrected chi connectivity index (χ4v) is 2.41. The maximum atomic E-state index is 10.8. The van der Waals surface area contributed by atoms with Crippen LogP contribution in [0.2, 0.25) is 0 Å². The fourth-order valence-electron chi connectivity index (χ4n) is 2.41. The molecule has 0 radical (unpaired) electrons. The van der Waals surface area contributed by atoms with Crippen molar-refractivity contribution in [1.29, 1.82) is 0 Å². The first-order chi connectivity index (χ1) is 12.6. The summed E-state index contributed by atoms with van der Waals surface area (Å²) in [5.74, 6) is 0.869. The van der Waals surface area contributed by atoms with Gasteiger partial charge in [-0.1, -0.05) is 42.0 Å². The molecule has 7 heteroatoms. The number of primary amides is 1. The summed E-state index contributed by atoms with van der Waals surface area (Å²) in [4.78, 5) is 15.4. The Morgan fingerprint density at radius 3 is 2.56 bits per heavy atom. The highest BCUT2D eigenvalue weighted by Gasteiger charge is 2.02. The third-order valence-electron chi connectivity index (χ3n) is 3.59. The topological polar surface area (TPSA) is 88.7 Å². The molecular formula is C20H27IN4O2. The van der Waals surface area contributed by atoms with Crippen LogP contribution in [0.1, 0.15) is 23.6 Å². The highest BCUT2D eigenvalue weighted by atomic mass is 127. The van der Waals surface area contributed by atoms with Gasteiger partial charge in [0.25, 0.3) is 5.91 Å². The lowest BCUT2D eigenvalue weighted by molar-refractivity contribution is -0.119. The Morgan fingerprint density at radius 1 is 1.11 bits per heavy atom. The molecule has 27 heavy (non-hydrogen) atoms. The van der Waals surface area contributed by atoms with E-state index < -0.39 is 5.91 Å². The number of carbonyl (C=O) groups excluding carboxylic acids is 1. The maximum Gasteiger partial charge on any atom is 0.255 e. The molecule has 0 saturated heterocycles. The predicted molar refractivity (Wildman–Crippen MR) is 119 cm³/mol. The predicted octanol–water partition coefficient (Wildman–Crippen LogP) is 2.73. The Morgan fingerprint density at radius 2 is 1.85 bits per heavy atom. The van der Waals surface area contributed by atoms with Crippen molar-refractivity contribution in [3.8, 4) is 5.75 Å². The second kappa shape index (κ2) is 12.2. The van der Waals surface area contributed by atoms with Crippen molar-refractivity contribution in [3.63, 3.8) is 0 Å². The van der Waals surface area contributed by atoms with Crippen LogP contribution < -0.4 is 21.1 Å². The number of aryl methyl sites for hydroxylation is 1. The minimum absolute atomic E-state index is 0. The number of halogens is 1. The van der Waals surface area contributed by atoms with Crippen molar-refractivity contribution in [2.75, 3.05) is 13.2 Å². The van der Waals surface area contributed by atoms with E-state index in [1.165, 1.54) is 11.1 Å². The van der Waals surface area contributed by atoms with Gasteiger partial charge in [-0.3, -0.25) is 4.79 Å². The van der Waals surface area contributed by atoms with E-state index in [0.29, 0.717) is 18.8 Å². The number of carbonyl (C=O) groups is 1. The number of nitrogens with one attached hydrogen (secondary N) is 2. The Hall–Kier alpha value is -2.29. The molecule has 146 valence electrons. The minimum atomic E-state index is -0.494. The van der Waals surface area contributed by atoms with Gasteiger partial charge < -0.3 is 21.1 Å². The molecule has 0 unspecified atom stereocenters. The Kier molecular flexibility index (Phi) is 10.2. The Labute approximate surface area is 177 Å². The number of amides is 1. The number of ether oxygens (including phenoxy) is 1. The quantitative estimate of drug-likeness (QED) is 0.307. The number of nitrogens with two attached hydrogens (primary N) is 1. The molecule has 1 amide bonds. The summed E-state index contributed by atoms with van der Waals surface area (Å²) in [6.07, 6.45) is 0. The number of nitrogens with zero attached hydrogens (tertiary/aromatic N) is 1. The zero-order valence-electron chi connectivity index (χ0n) is 15.7. The van der Waals surface area contributed by atoms with Crippen molar-refractivity contribution < 1.29 is 9.53 Å². The number of hydrogen-bond donors (Lipinski definition) is 3. The summed E-state index contributed by atoms with van der Waals surface area (Å²) < 4.78 is 5.33. The van der Waals surface area contributed by atoms with E-state index in [2.05, 4.69) is 40.7 Å². The third-order valence-corrected chi connectivity index (χ3v) is 3.59. The van der Waals surface area contributed by atoms with Crippen LogP contribution in [0, 0.1) is 6.92 Å². The number of rotatable bonds is 8. The maximum absolute atomic E-state index is 10.8. The summed E-state index contributed by atoms with van der Waals surface area (Å²) >= 11 is 0. The van der Waals surface area contributed by atoms with Gasteiger partial charge in [0.2, 0.25) is 0 Å². The molecule has 0 fully saturated rings. The van der Waals surface area contributed by atoms with Crippen molar-refractivity contribution in [1.82, 2.24) is 10.6 Å². The minimum Gasteiger partial charge on any atom is -0.484 e. The summed E-state index contributed by atoms with van der Waals surface area (Å²) in [6.45, 7) is 5.96. The van der Waals surface area contributed by atoms with Gasteiger partial charge in [-0.25, -0.2) is 4.99 Å². The Bertz CT molecular complexity index is 765. The molecule has 0 aliphatic rings. The molecule has 0 bridgehead atoms. The SMILES string of the molecule is CCNC(=NCc1cccc(C)c1)NCc1cccc(OCC(N)=O)c1.I. The smallest absolute Gasteiger partial charge is 0.255 e.